The fourth-order valence-corrected chi connectivity index (χ4v) is 2.85. The molecular formula is C15H17N5O2S. The lowest BCUT2D eigenvalue weighted by Gasteiger charge is -2.21. The van der Waals surface area contributed by atoms with Crippen molar-refractivity contribution in [3.05, 3.63) is 52.5 Å². The van der Waals surface area contributed by atoms with Crippen molar-refractivity contribution < 1.29 is 9.59 Å². The average molecular weight is 331 g/mol. The molecule has 0 radical (unpaired) electrons. The summed E-state index contributed by atoms with van der Waals surface area (Å²) < 4.78 is 0. The molecule has 8 heteroatoms. The van der Waals surface area contributed by atoms with E-state index in [9.17, 15) is 9.59 Å². The number of amides is 2. The monoisotopic (exact) mass is 331 g/mol. The van der Waals surface area contributed by atoms with Crippen LogP contribution in [0, 0.1) is 0 Å². The van der Waals surface area contributed by atoms with Gasteiger partial charge in [-0.05, 0) is 12.0 Å². The van der Waals surface area contributed by atoms with E-state index in [0.717, 1.165) is 18.5 Å². The SMILES string of the molecule is O=C(NC(C(=O)NC1CCNN1)c1ccccc1)c1cscn1. The van der Waals surface area contributed by atoms with Gasteiger partial charge in [0.25, 0.3) is 5.91 Å². The van der Waals surface area contributed by atoms with Gasteiger partial charge in [0.2, 0.25) is 5.91 Å². The second-order valence-electron chi connectivity index (χ2n) is 5.11. The first kappa shape index (κ1) is 15.6. The number of hydrogen-bond acceptors (Lipinski definition) is 6. The van der Waals surface area contributed by atoms with E-state index in [0.29, 0.717) is 5.69 Å². The molecule has 0 saturated carbocycles. The van der Waals surface area contributed by atoms with Gasteiger partial charge in [0.05, 0.1) is 11.7 Å². The van der Waals surface area contributed by atoms with E-state index in [4.69, 9.17) is 0 Å². The molecule has 0 spiro atoms. The molecule has 1 aromatic carbocycles. The first-order valence-corrected chi connectivity index (χ1v) is 8.21. The van der Waals surface area contributed by atoms with Crippen LogP contribution in [0.4, 0.5) is 0 Å². The van der Waals surface area contributed by atoms with Crippen LogP contribution in [0.1, 0.15) is 28.5 Å². The highest BCUT2D eigenvalue weighted by molar-refractivity contribution is 7.07. The second-order valence-corrected chi connectivity index (χ2v) is 5.83. The van der Waals surface area contributed by atoms with Crippen LogP contribution >= 0.6 is 11.3 Å². The van der Waals surface area contributed by atoms with Crippen molar-refractivity contribution in [3.8, 4) is 0 Å². The van der Waals surface area contributed by atoms with Crippen molar-refractivity contribution in [1.29, 1.82) is 0 Å². The zero-order valence-electron chi connectivity index (χ0n) is 12.3. The quantitative estimate of drug-likeness (QED) is 0.642. The summed E-state index contributed by atoms with van der Waals surface area (Å²) in [5.41, 5.74) is 8.54. The largest absolute Gasteiger partial charge is 0.337 e. The van der Waals surface area contributed by atoms with Gasteiger partial charge in [0, 0.05) is 11.9 Å². The standard InChI is InChI=1S/C15H17N5O2S/c21-14(11-8-23-9-16-11)19-13(10-4-2-1-3-5-10)15(22)18-12-6-7-17-20-12/h1-5,8-9,12-13,17,20H,6-7H2,(H,18,22)(H,19,21). The zero-order chi connectivity index (χ0) is 16.1. The number of rotatable bonds is 5. The summed E-state index contributed by atoms with van der Waals surface area (Å²) in [7, 11) is 0. The molecule has 1 aliphatic rings. The molecule has 1 saturated heterocycles. The minimum Gasteiger partial charge on any atom is -0.337 e. The van der Waals surface area contributed by atoms with Gasteiger partial charge >= 0.3 is 0 Å². The van der Waals surface area contributed by atoms with Gasteiger partial charge < -0.3 is 10.6 Å². The lowest BCUT2D eigenvalue weighted by atomic mass is 10.1. The molecule has 3 rings (SSSR count). The first-order valence-electron chi connectivity index (χ1n) is 7.27. The molecule has 4 N–H and O–H groups in total. The minimum absolute atomic E-state index is 0.148. The summed E-state index contributed by atoms with van der Waals surface area (Å²) >= 11 is 1.33. The molecule has 0 aliphatic carbocycles. The number of thiazole rings is 1. The number of nitrogens with one attached hydrogen (secondary N) is 4. The van der Waals surface area contributed by atoms with Crippen LogP contribution in [0.25, 0.3) is 0 Å². The summed E-state index contributed by atoms with van der Waals surface area (Å²) in [5.74, 6) is -0.631. The molecule has 120 valence electrons. The molecule has 2 heterocycles. The predicted octanol–water partition coefficient (Wildman–Crippen LogP) is 0.554. The molecular weight excluding hydrogens is 314 g/mol. The molecule has 7 nitrogen and oxygen atoms in total. The van der Waals surface area contributed by atoms with E-state index in [2.05, 4.69) is 26.5 Å². The van der Waals surface area contributed by atoms with Crippen molar-refractivity contribution >= 4 is 23.2 Å². The molecule has 1 fully saturated rings. The Morgan fingerprint density at radius 1 is 1.30 bits per heavy atom. The Morgan fingerprint density at radius 3 is 2.78 bits per heavy atom. The number of carbonyl (C=O) groups is 2. The third-order valence-electron chi connectivity index (χ3n) is 3.49. The average Bonchev–Trinajstić information content (AvgIpc) is 3.26. The van der Waals surface area contributed by atoms with E-state index >= 15 is 0 Å². The number of nitrogens with zero attached hydrogens (tertiary/aromatic N) is 1. The zero-order valence-corrected chi connectivity index (χ0v) is 13.1. The van der Waals surface area contributed by atoms with Gasteiger partial charge in [-0.1, -0.05) is 30.3 Å². The number of hydrogen-bond donors (Lipinski definition) is 4. The highest BCUT2D eigenvalue weighted by Gasteiger charge is 2.26. The van der Waals surface area contributed by atoms with Gasteiger partial charge in [-0.25, -0.2) is 10.4 Å². The lowest BCUT2D eigenvalue weighted by Crippen LogP contribution is -2.49. The van der Waals surface area contributed by atoms with Gasteiger partial charge in [-0.3, -0.25) is 15.0 Å². The van der Waals surface area contributed by atoms with Crippen molar-refractivity contribution in [2.45, 2.75) is 18.6 Å². The first-order chi connectivity index (χ1) is 11.2. The Kier molecular flexibility index (Phi) is 4.96. The summed E-state index contributed by atoms with van der Waals surface area (Å²) in [4.78, 5) is 28.8. The lowest BCUT2D eigenvalue weighted by molar-refractivity contribution is -0.124. The van der Waals surface area contributed by atoms with Gasteiger partial charge in [-0.2, -0.15) is 0 Å². The van der Waals surface area contributed by atoms with Gasteiger partial charge in [0.15, 0.2) is 0 Å². The normalized spacial score (nSPS) is 18.3. The Balaban J connectivity index is 1.76. The van der Waals surface area contributed by atoms with E-state index in [-0.39, 0.29) is 18.0 Å². The Labute approximate surface area is 137 Å². The summed E-state index contributed by atoms with van der Waals surface area (Å²) in [6.07, 6.45) is 0.637. The molecule has 2 amide bonds. The summed E-state index contributed by atoms with van der Waals surface area (Å²) in [6.45, 7) is 0.784. The van der Waals surface area contributed by atoms with Crippen LogP contribution in [0.5, 0.6) is 0 Å². The molecule has 0 bridgehead atoms. The molecule has 2 atom stereocenters. The smallest absolute Gasteiger partial charge is 0.271 e. The van der Waals surface area contributed by atoms with E-state index in [1.807, 2.05) is 30.3 Å². The molecule has 1 aromatic heterocycles. The van der Waals surface area contributed by atoms with Gasteiger partial charge in [-0.15, -0.1) is 11.3 Å². The molecule has 23 heavy (non-hydrogen) atoms. The predicted molar refractivity (Wildman–Crippen MR) is 86.4 cm³/mol. The number of benzene rings is 1. The fourth-order valence-electron chi connectivity index (χ4n) is 2.32. The highest BCUT2D eigenvalue weighted by Crippen LogP contribution is 2.14. The fraction of sp³-hybridized carbons (Fsp3) is 0.267. The van der Waals surface area contributed by atoms with Crippen LogP contribution in [0.15, 0.2) is 41.2 Å². The van der Waals surface area contributed by atoms with Crippen LogP contribution in [-0.4, -0.2) is 29.5 Å². The molecule has 2 aromatic rings. The maximum atomic E-state index is 12.6. The van der Waals surface area contributed by atoms with Crippen LogP contribution in [0.2, 0.25) is 0 Å². The van der Waals surface area contributed by atoms with Crippen molar-refractivity contribution in [2.75, 3.05) is 6.54 Å². The van der Waals surface area contributed by atoms with E-state index in [1.165, 1.54) is 11.3 Å². The molecule has 1 aliphatic heterocycles. The maximum Gasteiger partial charge on any atom is 0.271 e. The molecule has 2 unspecified atom stereocenters. The number of hydrazine groups is 1. The summed E-state index contributed by atoms with van der Waals surface area (Å²) in [5, 5.41) is 7.29. The van der Waals surface area contributed by atoms with Crippen molar-refractivity contribution in [1.82, 2.24) is 26.5 Å². The minimum atomic E-state index is -0.771. The van der Waals surface area contributed by atoms with Crippen LogP contribution in [-0.2, 0) is 4.79 Å². The van der Waals surface area contributed by atoms with Crippen LogP contribution < -0.4 is 21.5 Å². The topological polar surface area (TPSA) is 95.2 Å². The third kappa shape index (κ3) is 3.92. The third-order valence-corrected chi connectivity index (χ3v) is 4.07. The van der Waals surface area contributed by atoms with Crippen molar-refractivity contribution in [3.63, 3.8) is 0 Å². The Hall–Kier alpha value is -2.29. The van der Waals surface area contributed by atoms with Crippen molar-refractivity contribution in [2.24, 2.45) is 0 Å². The number of aromatic nitrogens is 1. The summed E-state index contributed by atoms with van der Waals surface area (Å²) in [6, 6.07) is 8.38. The second kappa shape index (κ2) is 7.32. The van der Waals surface area contributed by atoms with E-state index in [1.54, 1.807) is 10.9 Å². The van der Waals surface area contributed by atoms with Crippen LogP contribution in [0.3, 0.4) is 0 Å². The maximum absolute atomic E-state index is 12.6. The van der Waals surface area contributed by atoms with E-state index < -0.39 is 6.04 Å². The highest BCUT2D eigenvalue weighted by atomic mass is 32.1. The van der Waals surface area contributed by atoms with Gasteiger partial charge in [0.1, 0.15) is 11.7 Å². The Bertz CT molecular complexity index is 656. The Morgan fingerprint density at radius 2 is 2.13 bits per heavy atom. The number of carbonyl (C=O) groups excluding carboxylic acids is 2.